The minimum Gasteiger partial charge on any atom is -0.478 e. The molecular weight excluding hydrogens is 214 g/mol. The zero-order valence-corrected chi connectivity index (χ0v) is 10.3. The predicted octanol–water partition coefficient (Wildman–Crippen LogP) is 2.64. The lowest BCUT2D eigenvalue weighted by Crippen LogP contribution is -2.23. The molecule has 1 heterocycles. The Labute approximate surface area is 101 Å². The van der Waals surface area contributed by atoms with Crippen LogP contribution in [0.3, 0.4) is 0 Å². The zero-order valence-electron chi connectivity index (χ0n) is 10.3. The van der Waals surface area contributed by atoms with Crippen LogP contribution >= 0.6 is 0 Å². The number of ether oxygens (including phenoxy) is 1. The monoisotopic (exact) mass is 231 g/mol. The van der Waals surface area contributed by atoms with Gasteiger partial charge in [-0.2, -0.15) is 0 Å². The van der Waals surface area contributed by atoms with Crippen molar-refractivity contribution in [1.82, 2.24) is 0 Å². The summed E-state index contributed by atoms with van der Waals surface area (Å²) in [6.07, 6.45) is 1.75. The van der Waals surface area contributed by atoms with Crippen molar-refractivity contribution in [1.29, 1.82) is 0 Å². The Balaban J connectivity index is 1.98. The van der Waals surface area contributed by atoms with Crippen molar-refractivity contribution >= 4 is 11.5 Å². The lowest BCUT2D eigenvalue weighted by Gasteiger charge is -2.21. The highest BCUT2D eigenvalue weighted by molar-refractivity contribution is 6.09. The molecule has 0 bridgehead atoms. The summed E-state index contributed by atoms with van der Waals surface area (Å²) in [4.78, 5) is 14.4. The van der Waals surface area contributed by atoms with Crippen LogP contribution in [0.5, 0.6) is 5.75 Å². The third-order valence-corrected chi connectivity index (χ3v) is 3.76. The summed E-state index contributed by atoms with van der Waals surface area (Å²) < 4.78 is 5.75. The van der Waals surface area contributed by atoms with Crippen LogP contribution in [-0.2, 0) is 0 Å². The number of hydrogen-bond acceptors (Lipinski definition) is 3. The maximum atomic E-state index is 12.2. The molecule has 3 rings (SSSR count). The second-order valence-corrected chi connectivity index (χ2v) is 4.78. The van der Waals surface area contributed by atoms with E-state index in [4.69, 9.17) is 4.74 Å². The molecule has 2 aliphatic rings. The predicted molar refractivity (Wildman–Crippen MR) is 66.9 cm³/mol. The van der Waals surface area contributed by atoms with E-state index in [0.29, 0.717) is 0 Å². The van der Waals surface area contributed by atoms with Crippen molar-refractivity contribution in [3.63, 3.8) is 0 Å². The number of benzene rings is 1. The van der Waals surface area contributed by atoms with E-state index in [2.05, 4.69) is 18.7 Å². The summed E-state index contributed by atoms with van der Waals surface area (Å²) >= 11 is 0. The topological polar surface area (TPSA) is 29.5 Å². The molecular formula is C14H17NO2. The van der Waals surface area contributed by atoms with E-state index >= 15 is 0 Å². The van der Waals surface area contributed by atoms with Crippen LogP contribution in [0.2, 0.25) is 0 Å². The van der Waals surface area contributed by atoms with Gasteiger partial charge in [0.2, 0.25) is 5.78 Å². The minimum absolute atomic E-state index is 0.182. The van der Waals surface area contributed by atoms with Crippen molar-refractivity contribution in [2.75, 3.05) is 18.0 Å². The number of ketones is 1. The van der Waals surface area contributed by atoms with Gasteiger partial charge >= 0.3 is 0 Å². The number of carbonyl (C=O) groups is 1. The standard InChI is InChI=1S/C14H17NO2/c1-3-15(4-2)10-5-6-12-11(9-10)13(16)14(17-12)7-8-14/h5-6,9H,3-4,7-8H2,1-2H3. The Morgan fingerprint density at radius 2 is 2.00 bits per heavy atom. The molecule has 1 aromatic carbocycles. The molecule has 1 aromatic rings. The summed E-state index contributed by atoms with van der Waals surface area (Å²) in [6.45, 7) is 6.15. The molecule has 3 heteroatoms. The molecule has 17 heavy (non-hydrogen) atoms. The van der Waals surface area contributed by atoms with Crippen LogP contribution in [0.4, 0.5) is 5.69 Å². The van der Waals surface area contributed by atoms with Gasteiger partial charge in [0.15, 0.2) is 5.60 Å². The van der Waals surface area contributed by atoms with E-state index < -0.39 is 5.60 Å². The summed E-state index contributed by atoms with van der Waals surface area (Å²) in [6, 6.07) is 5.96. The third kappa shape index (κ3) is 1.45. The van der Waals surface area contributed by atoms with Gasteiger partial charge in [-0.05, 0) is 44.9 Å². The SMILES string of the molecule is CCN(CC)c1ccc2c(c1)C(=O)C1(CC1)O2. The van der Waals surface area contributed by atoms with Crippen LogP contribution in [0.15, 0.2) is 18.2 Å². The normalized spacial score (nSPS) is 19.1. The molecule has 1 spiro atoms. The van der Waals surface area contributed by atoms with Gasteiger partial charge < -0.3 is 9.64 Å². The third-order valence-electron chi connectivity index (χ3n) is 3.76. The van der Waals surface area contributed by atoms with Crippen LogP contribution in [-0.4, -0.2) is 24.5 Å². The molecule has 1 aliphatic heterocycles. The van der Waals surface area contributed by atoms with Crippen molar-refractivity contribution < 1.29 is 9.53 Å². The van der Waals surface area contributed by atoms with Crippen molar-refractivity contribution in [2.45, 2.75) is 32.3 Å². The van der Waals surface area contributed by atoms with Gasteiger partial charge in [0.1, 0.15) is 5.75 Å². The summed E-state index contributed by atoms with van der Waals surface area (Å²) in [5.74, 6) is 0.949. The lowest BCUT2D eigenvalue weighted by atomic mass is 10.1. The van der Waals surface area contributed by atoms with Gasteiger partial charge in [0.05, 0.1) is 5.56 Å². The first-order chi connectivity index (χ1) is 8.20. The Kier molecular flexibility index (Phi) is 2.18. The van der Waals surface area contributed by atoms with Gasteiger partial charge in [0, 0.05) is 18.8 Å². The van der Waals surface area contributed by atoms with Gasteiger partial charge in [0.25, 0.3) is 0 Å². The molecule has 3 nitrogen and oxygen atoms in total. The van der Waals surface area contributed by atoms with E-state index in [1.54, 1.807) is 0 Å². The second-order valence-electron chi connectivity index (χ2n) is 4.78. The molecule has 0 atom stereocenters. The zero-order chi connectivity index (χ0) is 12.0. The average Bonchev–Trinajstić information content (AvgIpc) is 3.06. The Bertz CT molecular complexity index is 473. The van der Waals surface area contributed by atoms with Crippen LogP contribution in [0.1, 0.15) is 37.0 Å². The molecule has 1 aliphatic carbocycles. The van der Waals surface area contributed by atoms with Crippen LogP contribution in [0.25, 0.3) is 0 Å². The number of nitrogens with zero attached hydrogens (tertiary/aromatic N) is 1. The van der Waals surface area contributed by atoms with Crippen molar-refractivity contribution in [3.05, 3.63) is 23.8 Å². The van der Waals surface area contributed by atoms with Gasteiger partial charge in [-0.25, -0.2) is 0 Å². The Hall–Kier alpha value is -1.51. The highest BCUT2D eigenvalue weighted by Crippen LogP contribution is 2.50. The highest BCUT2D eigenvalue weighted by Gasteiger charge is 2.57. The Morgan fingerprint density at radius 1 is 1.29 bits per heavy atom. The van der Waals surface area contributed by atoms with E-state index in [1.807, 2.05) is 18.2 Å². The maximum absolute atomic E-state index is 12.2. The summed E-state index contributed by atoms with van der Waals surface area (Å²) in [5.41, 5.74) is 1.42. The fraction of sp³-hybridized carbons (Fsp3) is 0.500. The minimum atomic E-state index is -0.468. The molecule has 0 aromatic heterocycles. The van der Waals surface area contributed by atoms with Crippen LogP contribution in [0, 0.1) is 0 Å². The van der Waals surface area contributed by atoms with E-state index in [-0.39, 0.29) is 5.78 Å². The number of hydrogen-bond donors (Lipinski definition) is 0. The molecule has 90 valence electrons. The number of Topliss-reactive ketones (excluding diaryl/α,β-unsaturated/α-hetero) is 1. The number of fused-ring (bicyclic) bond motifs is 1. The van der Waals surface area contributed by atoms with E-state index in [1.165, 1.54) is 0 Å². The molecule has 0 unspecified atom stereocenters. The van der Waals surface area contributed by atoms with Crippen molar-refractivity contribution in [3.8, 4) is 5.75 Å². The fourth-order valence-electron chi connectivity index (χ4n) is 2.51. The molecule has 1 saturated carbocycles. The molecule has 0 saturated heterocycles. The largest absolute Gasteiger partial charge is 0.478 e. The summed E-state index contributed by atoms with van der Waals surface area (Å²) in [7, 11) is 0. The van der Waals surface area contributed by atoms with Crippen molar-refractivity contribution in [2.24, 2.45) is 0 Å². The maximum Gasteiger partial charge on any atom is 0.210 e. The molecule has 0 radical (unpaired) electrons. The second kappa shape index (κ2) is 3.49. The highest BCUT2D eigenvalue weighted by atomic mass is 16.5. The smallest absolute Gasteiger partial charge is 0.210 e. The molecule has 0 amide bonds. The number of rotatable bonds is 3. The first kappa shape index (κ1) is 10.6. The lowest BCUT2D eigenvalue weighted by molar-refractivity contribution is 0.0820. The van der Waals surface area contributed by atoms with E-state index in [9.17, 15) is 4.79 Å². The van der Waals surface area contributed by atoms with Gasteiger partial charge in [-0.15, -0.1) is 0 Å². The quantitative estimate of drug-likeness (QED) is 0.801. The molecule has 1 fully saturated rings. The Morgan fingerprint density at radius 3 is 2.59 bits per heavy atom. The number of carbonyl (C=O) groups excluding carboxylic acids is 1. The van der Waals surface area contributed by atoms with Crippen LogP contribution < -0.4 is 9.64 Å². The van der Waals surface area contributed by atoms with E-state index in [0.717, 1.165) is 42.9 Å². The first-order valence-corrected chi connectivity index (χ1v) is 6.33. The van der Waals surface area contributed by atoms with Gasteiger partial charge in [-0.3, -0.25) is 4.79 Å². The van der Waals surface area contributed by atoms with Gasteiger partial charge in [-0.1, -0.05) is 0 Å². The molecule has 0 N–H and O–H groups in total. The first-order valence-electron chi connectivity index (χ1n) is 6.33. The average molecular weight is 231 g/mol. The fourth-order valence-corrected chi connectivity index (χ4v) is 2.51. The number of anilines is 1. The summed E-state index contributed by atoms with van der Waals surface area (Å²) in [5, 5.41) is 0.